The molecule has 1 aliphatic heterocycles. The van der Waals surface area contributed by atoms with Gasteiger partial charge < -0.3 is 14.4 Å². The number of methoxy groups -OCH3 is 2. The molecule has 0 aromatic heterocycles. The van der Waals surface area contributed by atoms with E-state index in [0.29, 0.717) is 23.1 Å². The minimum absolute atomic E-state index is 0.0816. The zero-order valence-electron chi connectivity index (χ0n) is 13.4. The SMILES string of the molecule is CCC1CCCCN1C(=O)c1cc(OC)c(C)c(OC)c1. The third-order valence-corrected chi connectivity index (χ3v) is 4.36. The van der Waals surface area contributed by atoms with Crippen molar-refractivity contribution in [1.82, 2.24) is 4.90 Å². The highest BCUT2D eigenvalue weighted by molar-refractivity contribution is 5.95. The molecule has 0 saturated carbocycles. The summed E-state index contributed by atoms with van der Waals surface area (Å²) in [6.45, 7) is 4.92. The summed E-state index contributed by atoms with van der Waals surface area (Å²) in [5, 5.41) is 0. The molecular weight excluding hydrogens is 266 g/mol. The van der Waals surface area contributed by atoms with Crippen LogP contribution in [0.5, 0.6) is 11.5 Å². The molecule has 1 heterocycles. The molecule has 0 N–H and O–H groups in total. The van der Waals surface area contributed by atoms with Crippen LogP contribution >= 0.6 is 0 Å². The van der Waals surface area contributed by atoms with Crippen LogP contribution in [0.15, 0.2) is 12.1 Å². The summed E-state index contributed by atoms with van der Waals surface area (Å²) >= 11 is 0. The van der Waals surface area contributed by atoms with Crippen molar-refractivity contribution in [2.75, 3.05) is 20.8 Å². The van der Waals surface area contributed by atoms with E-state index in [4.69, 9.17) is 9.47 Å². The normalized spacial score (nSPS) is 18.5. The van der Waals surface area contributed by atoms with Crippen LogP contribution in [0.2, 0.25) is 0 Å². The van der Waals surface area contributed by atoms with E-state index in [0.717, 1.165) is 31.4 Å². The lowest BCUT2D eigenvalue weighted by atomic mass is 9.98. The molecule has 0 bridgehead atoms. The molecule has 1 aromatic carbocycles. The van der Waals surface area contributed by atoms with Crippen molar-refractivity contribution in [2.24, 2.45) is 0 Å². The van der Waals surface area contributed by atoms with Crippen molar-refractivity contribution in [3.05, 3.63) is 23.3 Å². The Hall–Kier alpha value is -1.71. The average Bonchev–Trinajstić information content (AvgIpc) is 2.54. The predicted molar refractivity (Wildman–Crippen MR) is 83.2 cm³/mol. The van der Waals surface area contributed by atoms with E-state index in [-0.39, 0.29) is 5.91 Å². The lowest BCUT2D eigenvalue weighted by molar-refractivity contribution is 0.0607. The number of ether oxygens (including phenoxy) is 2. The largest absolute Gasteiger partial charge is 0.496 e. The molecular formula is C17H25NO3. The minimum atomic E-state index is 0.0816. The Morgan fingerprint density at radius 1 is 1.24 bits per heavy atom. The lowest BCUT2D eigenvalue weighted by Gasteiger charge is -2.35. The molecule has 1 aliphatic rings. The Morgan fingerprint density at radius 3 is 2.38 bits per heavy atom. The van der Waals surface area contributed by atoms with E-state index in [1.165, 1.54) is 6.42 Å². The Balaban J connectivity index is 2.33. The lowest BCUT2D eigenvalue weighted by Crippen LogP contribution is -2.43. The molecule has 1 atom stereocenters. The zero-order valence-corrected chi connectivity index (χ0v) is 13.4. The summed E-state index contributed by atoms with van der Waals surface area (Å²) in [6, 6.07) is 3.99. The van der Waals surface area contributed by atoms with Crippen LogP contribution in [0.3, 0.4) is 0 Å². The summed E-state index contributed by atoms with van der Waals surface area (Å²) in [5.74, 6) is 1.48. The number of carbonyl (C=O) groups is 1. The van der Waals surface area contributed by atoms with Crippen molar-refractivity contribution in [1.29, 1.82) is 0 Å². The smallest absolute Gasteiger partial charge is 0.254 e. The van der Waals surface area contributed by atoms with Gasteiger partial charge in [-0.05, 0) is 44.7 Å². The molecule has 1 amide bonds. The summed E-state index contributed by atoms with van der Waals surface area (Å²) in [5.41, 5.74) is 1.57. The van der Waals surface area contributed by atoms with E-state index in [1.54, 1.807) is 14.2 Å². The Bertz CT molecular complexity index is 488. The third-order valence-electron chi connectivity index (χ3n) is 4.36. The van der Waals surface area contributed by atoms with Crippen LogP contribution in [0.1, 0.15) is 48.5 Å². The molecule has 1 fully saturated rings. The third kappa shape index (κ3) is 3.14. The number of benzene rings is 1. The Kier molecular flexibility index (Phi) is 5.10. The first-order valence-electron chi connectivity index (χ1n) is 7.66. The predicted octanol–water partition coefficient (Wildman–Crippen LogP) is 3.42. The van der Waals surface area contributed by atoms with Gasteiger partial charge in [0.15, 0.2) is 0 Å². The number of rotatable bonds is 4. The van der Waals surface area contributed by atoms with Crippen LogP contribution in [0.25, 0.3) is 0 Å². The van der Waals surface area contributed by atoms with Crippen LogP contribution in [0, 0.1) is 6.92 Å². The molecule has 1 aromatic rings. The fourth-order valence-corrected chi connectivity index (χ4v) is 3.07. The van der Waals surface area contributed by atoms with Gasteiger partial charge in [0, 0.05) is 23.7 Å². The van der Waals surface area contributed by atoms with Crippen LogP contribution in [-0.2, 0) is 0 Å². The second kappa shape index (κ2) is 6.83. The second-order valence-electron chi connectivity index (χ2n) is 5.56. The summed E-state index contributed by atoms with van der Waals surface area (Å²) < 4.78 is 10.7. The van der Waals surface area contributed by atoms with Crippen LogP contribution < -0.4 is 9.47 Å². The standard InChI is InChI=1S/C17H25NO3/c1-5-14-8-6-7-9-18(14)17(19)13-10-15(20-3)12(2)16(11-13)21-4/h10-11,14H,5-9H2,1-4H3. The van der Waals surface area contributed by atoms with E-state index >= 15 is 0 Å². The second-order valence-corrected chi connectivity index (χ2v) is 5.56. The Labute approximate surface area is 127 Å². The monoisotopic (exact) mass is 291 g/mol. The minimum Gasteiger partial charge on any atom is -0.496 e. The number of carbonyl (C=O) groups excluding carboxylic acids is 1. The van der Waals surface area contributed by atoms with E-state index < -0.39 is 0 Å². The van der Waals surface area contributed by atoms with Gasteiger partial charge in [0.1, 0.15) is 11.5 Å². The van der Waals surface area contributed by atoms with Gasteiger partial charge in [-0.3, -0.25) is 4.79 Å². The van der Waals surface area contributed by atoms with Crippen LogP contribution in [-0.4, -0.2) is 37.6 Å². The maximum atomic E-state index is 12.8. The molecule has 1 unspecified atom stereocenters. The average molecular weight is 291 g/mol. The van der Waals surface area contributed by atoms with Gasteiger partial charge in [-0.1, -0.05) is 6.92 Å². The van der Waals surface area contributed by atoms with E-state index in [2.05, 4.69) is 6.92 Å². The van der Waals surface area contributed by atoms with Gasteiger partial charge in [0.2, 0.25) is 0 Å². The number of amides is 1. The zero-order chi connectivity index (χ0) is 15.4. The molecule has 2 rings (SSSR count). The molecule has 4 heteroatoms. The first-order valence-corrected chi connectivity index (χ1v) is 7.66. The topological polar surface area (TPSA) is 38.8 Å². The van der Waals surface area contributed by atoms with Crippen molar-refractivity contribution >= 4 is 5.91 Å². The van der Waals surface area contributed by atoms with E-state index in [1.807, 2.05) is 24.0 Å². The number of nitrogens with zero attached hydrogens (tertiary/aromatic N) is 1. The van der Waals surface area contributed by atoms with Gasteiger partial charge in [-0.25, -0.2) is 0 Å². The molecule has 1 saturated heterocycles. The number of piperidine rings is 1. The highest BCUT2D eigenvalue weighted by Crippen LogP contribution is 2.31. The molecule has 0 radical (unpaired) electrons. The summed E-state index contributed by atoms with van der Waals surface area (Å²) in [4.78, 5) is 14.8. The van der Waals surface area contributed by atoms with Gasteiger partial charge >= 0.3 is 0 Å². The van der Waals surface area contributed by atoms with Crippen molar-refractivity contribution in [3.8, 4) is 11.5 Å². The highest BCUT2D eigenvalue weighted by atomic mass is 16.5. The van der Waals surface area contributed by atoms with E-state index in [9.17, 15) is 4.79 Å². The Morgan fingerprint density at radius 2 is 1.86 bits per heavy atom. The quantitative estimate of drug-likeness (QED) is 0.853. The molecule has 0 spiro atoms. The molecule has 0 aliphatic carbocycles. The van der Waals surface area contributed by atoms with Crippen LogP contribution in [0.4, 0.5) is 0 Å². The maximum absolute atomic E-state index is 12.8. The first-order chi connectivity index (χ1) is 10.1. The number of likely N-dealkylation sites (tertiary alicyclic amines) is 1. The summed E-state index contributed by atoms with van der Waals surface area (Å²) in [6.07, 6.45) is 4.40. The van der Waals surface area contributed by atoms with Crippen molar-refractivity contribution in [2.45, 2.75) is 45.6 Å². The summed E-state index contributed by atoms with van der Waals surface area (Å²) in [7, 11) is 3.23. The number of hydrogen-bond donors (Lipinski definition) is 0. The van der Waals surface area contributed by atoms with Crippen molar-refractivity contribution in [3.63, 3.8) is 0 Å². The fourth-order valence-electron chi connectivity index (χ4n) is 3.07. The van der Waals surface area contributed by atoms with Gasteiger partial charge in [-0.15, -0.1) is 0 Å². The van der Waals surface area contributed by atoms with Gasteiger partial charge in [-0.2, -0.15) is 0 Å². The maximum Gasteiger partial charge on any atom is 0.254 e. The molecule has 4 nitrogen and oxygen atoms in total. The molecule has 116 valence electrons. The van der Waals surface area contributed by atoms with Crippen molar-refractivity contribution < 1.29 is 14.3 Å². The number of hydrogen-bond acceptors (Lipinski definition) is 3. The molecule has 21 heavy (non-hydrogen) atoms. The van der Waals surface area contributed by atoms with Gasteiger partial charge in [0.05, 0.1) is 14.2 Å². The van der Waals surface area contributed by atoms with Gasteiger partial charge in [0.25, 0.3) is 5.91 Å². The highest BCUT2D eigenvalue weighted by Gasteiger charge is 2.27. The fraction of sp³-hybridized carbons (Fsp3) is 0.588. The first kappa shape index (κ1) is 15.7.